The number of rotatable bonds is 3. The van der Waals surface area contributed by atoms with Crippen molar-refractivity contribution in [2.75, 3.05) is 11.1 Å². The van der Waals surface area contributed by atoms with Gasteiger partial charge in [0.2, 0.25) is 5.91 Å². The highest BCUT2D eigenvalue weighted by Gasteiger charge is 2.16. The molecule has 1 heterocycles. The molecule has 3 rings (SSSR count). The minimum Gasteiger partial charge on any atom is -0.397 e. The first-order valence-corrected chi connectivity index (χ1v) is 7.39. The van der Waals surface area contributed by atoms with Gasteiger partial charge in [0.15, 0.2) is 0 Å². The van der Waals surface area contributed by atoms with Crippen LogP contribution in [0, 0.1) is 0 Å². The largest absolute Gasteiger partial charge is 0.397 e. The summed E-state index contributed by atoms with van der Waals surface area (Å²) in [5.74, 6) is -0.116. The number of carbonyl (C=O) groups is 1. The molecule has 0 radical (unpaired) electrons. The smallest absolute Gasteiger partial charge is 0.244 e. The van der Waals surface area contributed by atoms with E-state index in [4.69, 9.17) is 17.3 Å². The molecular weight excluding hydrogens is 288 g/mol. The van der Waals surface area contributed by atoms with Crippen molar-refractivity contribution in [3.63, 3.8) is 0 Å². The first-order valence-electron chi connectivity index (χ1n) is 7.01. The number of hydrogen-bond donors (Lipinski definition) is 2. The number of amides is 1. The first kappa shape index (κ1) is 13.9. The molecule has 0 atom stereocenters. The molecular formula is C15H17ClN4O. The monoisotopic (exact) mass is 304 g/mol. The maximum absolute atomic E-state index is 12.2. The zero-order chi connectivity index (χ0) is 14.8. The van der Waals surface area contributed by atoms with Gasteiger partial charge >= 0.3 is 0 Å². The second-order valence-electron chi connectivity index (χ2n) is 5.25. The number of nitrogens with zero attached hydrogens (tertiary/aromatic N) is 2. The molecule has 3 N–H and O–H groups in total. The van der Waals surface area contributed by atoms with Crippen LogP contribution in [0.15, 0.2) is 24.5 Å². The number of benzene rings is 1. The number of carbonyl (C=O) groups excluding carboxylic acids is 1. The van der Waals surface area contributed by atoms with Gasteiger partial charge in [-0.05, 0) is 43.9 Å². The van der Waals surface area contributed by atoms with Crippen molar-refractivity contribution in [1.29, 1.82) is 0 Å². The van der Waals surface area contributed by atoms with Crippen LogP contribution in [0.3, 0.4) is 0 Å². The van der Waals surface area contributed by atoms with Crippen LogP contribution in [-0.4, -0.2) is 15.5 Å². The average Bonchev–Trinajstić information content (AvgIpc) is 2.85. The van der Waals surface area contributed by atoms with Gasteiger partial charge in [0.25, 0.3) is 0 Å². The fourth-order valence-corrected chi connectivity index (χ4v) is 2.84. The summed E-state index contributed by atoms with van der Waals surface area (Å²) in [6.45, 7) is 0.254. The van der Waals surface area contributed by atoms with E-state index >= 15 is 0 Å². The molecule has 0 unspecified atom stereocenters. The number of anilines is 2. The number of nitrogens with two attached hydrogens (primary N) is 1. The number of nitrogens with one attached hydrogen (secondary N) is 1. The highest BCUT2D eigenvalue weighted by Crippen LogP contribution is 2.23. The average molecular weight is 305 g/mol. The Morgan fingerprint density at radius 2 is 2.19 bits per heavy atom. The fraction of sp³-hybridized carbons (Fsp3) is 0.333. The van der Waals surface area contributed by atoms with Crippen molar-refractivity contribution in [2.24, 2.45) is 0 Å². The minimum atomic E-state index is -0.116. The molecule has 0 saturated carbocycles. The standard InChI is InChI=1S/C15H17ClN4O/c16-10-5-6-12(11(17)7-10)19-15(21)8-20-9-18-13-3-1-2-4-14(13)20/h5-7,9H,1-4,8,17H2,(H,19,21). The SMILES string of the molecule is Nc1cc(Cl)ccc1NC(=O)Cn1cnc2c1CCCC2. The Morgan fingerprint density at radius 3 is 3.00 bits per heavy atom. The zero-order valence-electron chi connectivity index (χ0n) is 11.6. The third kappa shape index (κ3) is 3.03. The summed E-state index contributed by atoms with van der Waals surface area (Å²) in [5, 5.41) is 3.36. The van der Waals surface area contributed by atoms with Crippen LogP contribution in [-0.2, 0) is 24.2 Å². The Bertz CT molecular complexity index is 680. The van der Waals surface area contributed by atoms with E-state index in [9.17, 15) is 4.79 Å². The molecule has 0 saturated heterocycles. The van der Waals surface area contributed by atoms with E-state index in [1.807, 2.05) is 4.57 Å². The van der Waals surface area contributed by atoms with Crippen molar-refractivity contribution < 1.29 is 4.79 Å². The number of imidazole rings is 1. The molecule has 1 aliphatic rings. The van der Waals surface area contributed by atoms with Gasteiger partial charge in [0.05, 0.1) is 23.4 Å². The molecule has 110 valence electrons. The Kier molecular flexibility index (Phi) is 3.84. The number of aryl methyl sites for hydroxylation is 1. The summed E-state index contributed by atoms with van der Waals surface area (Å²) in [4.78, 5) is 16.5. The maximum Gasteiger partial charge on any atom is 0.244 e. The van der Waals surface area contributed by atoms with Gasteiger partial charge in [-0.2, -0.15) is 0 Å². The molecule has 0 fully saturated rings. The molecule has 5 nitrogen and oxygen atoms in total. The van der Waals surface area contributed by atoms with Crippen LogP contribution in [0.1, 0.15) is 24.2 Å². The molecule has 0 bridgehead atoms. The van der Waals surface area contributed by atoms with Gasteiger partial charge in [-0.15, -0.1) is 0 Å². The van der Waals surface area contributed by atoms with E-state index in [0.29, 0.717) is 16.4 Å². The molecule has 0 spiro atoms. The van der Waals surface area contributed by atoms with E-state index in [1.54, 1.807) is 24.5 Å². The van der Waals surface area contributed by atoms with Crippen LogP contribution >= 0.6 is 11.6 Å². The Labute approximate surface area is 128 Å². The summed E-state index contributed by atoms with van der Waals surface area (Å²) >= 11 is 5.84. The summed E-state index contributed by atoms with van der Waals surface area (Å²) in [6, 6.07) is 5.03. The highest BCUT2D eigenvalue weighted by molar-refractivity contribution is 6.31. The molecule has 2 aromatic rings. The minimum absolute atomic E-state index is 0.116. The van der Waals surface area contributed by atoms with Gasteiger partial charge in [0, 0.05) is 10.7 Å². The lowest BCUT2D eigenvalue weighted by atomic mass is 10.0. The predicted molar refractivity (Wildman–Crippen MR) is 83.4 cm³/mol. The first-order chi connectivity index (χ1) is 10.1. The van der Waals surface area contributed by atoms with Crippen LogP contribution in [0.2, 0.25) is 5.02 Å². The molecule has 6 heteroatoms. The van der Waals surface area contributed by atoms with Gasteiger partial charge in [-0.25, -0.2) is 4.98 Å². The lowest BCUT2D eigenvalue weighted by molar-refractivity contribution is -0.116. The molecule has 1 amide bonds. The zero-order valence-corrected chi connectivity index (χ0v) is 12.4. The number of hydrogen-bond acceptors (Lipinski definition) is 3. The van der Waals surface area contributed by atoms with E-state index < -0.39 is 0 Å². The number of halogens is 1. The topological polar surface area (TPSA) is 72.9 Å². The third-order valence-corrected chi connectivity index (χ3v) is 3.95. The second kappa shape index (κ2) is 5.77. The molecule has 21 heavy (non-hydrogen) atoms. The Morgan fingerprint density at radius 1 is 1.38 bits per heavy atom. The van der Waals surface area contributed by atoms with Gasteiger partial charge < -0.3 is 15.6 Å². The second-order valence-corrected chi connectivity index (χ2v) is 5.69. The van der Waals surface area contributed by atoms with Crippen LogP contribution in [0.4, 0.5) is 11.4 Å². The van der Waals surface area contributed by atoms with E-state index in [1.165, 1.54) is 12.1 Å². The van der Waals surface area contributed by atoms with E-state index in [2.05, 4.69) is 10.3 Å². The van der Waals surface area contributed by atoms with Gasteiger partial charge in [0.1, 0.15) is 6.54 Å². The normalized spacial score (nSPS) is 13.8. The van der Waals surface area contributed by atoms with Crippen molar-refractivity contribution in [3.05, 3.63) is 40.9 Å². The predicted octanol–water partition coefficient (Wildman–Crippen LogP) is 2.64. The summed E-state index contributed by atoms with van der Waals surface area (Å²) in [5.41, 5.74) is 9.19. The van der Waals surface area contributed by atoms with Crippen LogP contribution in [0.5, 0.6) is 0 Å². The summed E-state index contributed by atoms with van der Waals surface area (Å²) < 4.78 is 1.93. The van der Waals surface area contributed by atoms with Gasteiger partial charge in [-0.3, -0.25) is 4.79 Å². The number of nitrogen functional groups attached to an aromatic ring is 1. The van der Waals surface area contributed by atoms with Crippen molar-refractivity contribution >= 4 is 28.9 Å². The van der Waals surface area contributed by atoms with E-state index in [0.717, 1.165) is 25.0 Å². The molecule has 1 aromatic carbocycles. The quantitative estimate of drug-likeness (QED) is 0.856. The maximum atomic E-state index is 12.2. The van der Waals surface area contributed by atoms with Crippen molar-refractivity contribution in [3.8, 4) is 0 Å². The van der Waals surface area contributed by atoms with E-state index in [-0.39, 0.29) is 12.5 Å². The van der Waals surface area contributed by atoms with Crippen LogP contribution < -0.4 is 11.1 Å². The summed E-state index contributed by atoms with van der Waals surface area (Å²) in [7, 11) is 0. The fourth-order valence-electron chi connectivity index (χ4n) is 2.66. The number of aromatic nitrogens is 2. The Hall–Kier alpha value is -2.01. The van der Waals surface area contributed by atoms with Crippen molar-refractivity contribution in [1.82, 2.24) is 9.55 Å². The van der Waals surface area contributed by atoms with Crippen molar-refractivity contribution in [2.45, 2.75) is 32.2 Å². The molecule has 0 aliphatic heterocycles. The molecule has 1 aromatic heterocycles. The highest BCUT2D eigenvalue weighted by atomic mass is 35.5. The van der Waals surface area contributed by atoms with Gasteiger partial charge in [-0.1, -0.05) is 11.6 Å². The van der Waals surface area contributed by atoms with Crippen LogP contribution in [0.25, 0.3) is 0 Å². The third-order valence-electron chi connectivity index (χ3n) is 3.71. The lowest BCUT2D eigenvalue weighted by Gasteiger charge is -2.14. The molecule has 1 aliphatic carbocycles. The Balaban J connectivity index is 1.70. The summed E-state index contributed by atoms with van der Waals surface area (Å²) in [6.07, 6.45) is 6.09. The number of fused-ring (bicyclic) bond motifs is 1. The lowest BCUT2D eigenvalue weighted by Crippen LogP contribution is -2.21.